The summed E-state index contributed by atoms with van der Waals surface area (Å²) in [7, 11) is 6.55. The summed E-state index contributed by atoms with van der Waals surface area (Å²) in [5.74, 6) is -17.2. The monoisotopic (exact) mass is 1810 g/mol. The molecule has 2 heterocycles. The molecule has 1 aliphatic heterocycles. The number of nitrogens with two attached hydrogens (primary N) is 1. The fourth-order valence-corrected chi connectivity index (χ4v) is 16.0. The van der Waals surface area contributed by atoms with Gasteiger partial charge in [0.15, 0.2) is 0 Å². The quantitative estimate of drug-likeness (QED) is 0.0413. The number of carboxylic acid groups (broad SMARTS) is 1. The third-order valence-corrected chi connectivity index (χ3v) is 23.4. The first-order chi connectivity index (χ1) is 61.9. The zero-order valence-corrected chi connectivity index (χ0v) is 75.6. The first-order valence-electron chi connectivity index (χ1n) is 43.2. The number of fused-ring (bicyclic) bond motifs is 1. The number of aromatic amines is 1. The second-order valence-corrected chi connectivity index (χ2v) is 34.4. The van der Waals surface area contributed by atoms with Gasteiger partial charge in [-0.05, 0) is 101 Å². The van der Waals surface area contributed by atoms with E-state index >= 15 is 38.4 Å². The van der Waals surface area contributed by atoms with Gasteiger partial charge in [-0.15, -0.1) is 11.8 Å². The maximum Gasteiger partial charge on any atom is 0.305 e. The van der Waals surface area contributed by atoms with Gasteiger partial charge in [-0.2, -0.15) is 0 Å². The van der Waals surface area contributed by atoms with E-state index in [9.17, 15) is 53.7 Å². The predicted molar refractivity (Wildman–Crippen MR) is 487 cm³/mol. The summed E-state index contributed by atoms with van der Waals surface area (Å²) in [6, 6.07) is 27.8. The molecule has 6 aromatic carbocycles. The number of aromatic hydroxyl groups is 2. The molecule has 1 aliphatic rings. The number of primary amides is 1. The van der Waals surface area contributed by atoms with Crippen LogP contribution in [-0.2, 0) is 115 Å². The number of hydrogen-bond acceptors (Lipinski definition) is 19. The van der Waals surface area contributed by atoms with Crippen molar-refractivity contribution in [3.63, 3.8) is 0 Å². The molecule has 7 aromatic rings. The lowest BCUT2D eigenvalue weighted by Crippen LogP contribution is -2.61. The number of carbonyl (C=O) groups excluding carboxylic acids is 15. The zero-order chi connectivity index (χ0) is 95.0. The minimum absolute atomic E-state index is 0.0307. The molecule has 696 valence electrons. The smallest absolute Gasteiger partial charge is 0.305 e. The molecule has 0 saturated carbocycles. The lowest BCUT2D eigenvalue weighted by Gasteiger charge is -2.37. The largest absolute Gasteiger partial charge is 0.508 e. The van der Waals surface area contributed by atoms with Gasteiger partial charge >= 0.3 is 5.97 Å². The van der Waals surface area contributed by atoms with E-state index in [1.54, 1.807) is 161 Å². The summed E-state index contributed by atoms with van der Waals surface area (Å²) in [4.78, 5) is 244. The number of hydrogen-bond donors (Lipinski definition) is 14. The molecule has 0 unspecified atom stereocenters. The minimum atomic E-state index is -1.91. The Morgan fingerprint density at radius 1 is 0.462 bits per heavy atom. The molecule has 15 amide bonds. The van der Waals surface area contributed by atoms with Crippen LogP contribution in [0.15, 0.2) is 170 Å². The van der Waals surface area contributed by atoms with Gasteiger partial charge in [0.1, 0.15) is 78.0 Å². The number of unbranched alkanes of at least 4 members (excludes halogenated alkanes) is 1. The molecule has 1 fully saturated rings. The first-order valence-corrected chi connectivity index (χ1v) is 44.3. The van der Waals surface area contributed by atoms with E-state index in [0.717, 1.165) is 26.5 Å². The summed E-state index contributed by atoms with van der Waals surface area (Å²) in [6.45, 7) is 6.21. The second-order valence-electron chi connectivity index (χ2n) is 33.4. The van der Waals surface area contributed by atoms with Crippen LogP contribution in [0.1, 0.15) is 107 Å². The van der Waals surface area contributed by atoms with Crippen molar-refractivity contribution in [2.24, 2.45) is 17.6 Å². The van der Waals surface area contributed by atoms with Gasteiger partial charge in [0, 0.05) is 90.2 Å². The van der Waals surface area contributed by atoms with Crippen LogP contribution in [-0.4, -0.2) is 272 Å². The average Bonchev–Trinajstić information content (AvgIpc) is 1.76. The summed E-state index contributed by atoms with van der Waals surface area (Å²) in [6.07, 6.45) is 0.336. The van der Waals surface area contributed by atoms with Crippen LogP contribution in [0.2, 0.25) is 0 Å². The van der Waals surface area contributed by atoms with Gasteiger partial charge in [0.2, 0.25) is 88.6 Å². The van der Waals surface area contributed by atoms with Crippen LogP contribution in [0.25, 0.3) is 10.9 Å². The van der Waals surface area contributed by atoms with Crippen molar-refractivity contribution in [1.29, 1.82) is 0 Å². The van der Waals surface area contributed by atoms with Gasteiger partial charge in [-0.3, -0.25) is 76.7 Å². The van der Waals surface area contributed by atoms with Crippen molar-refractivity contribution in [3.8, 4) is 11.5 Å². The lowest BCUT2D eigenvalue weighted by atomic mass is 9.98. The van der Waals surface area contributed by atoms with Gasteiger partial charge in [-0.1, -0.05) is 181 Å². The Hall–Kier alpha value is -13.7. The van der Waals surface area contributed by atoms with Gasteiger partial charge in [0.05, 0.1) is 31.8 Å². The Morgan fingerprint density at radius 2 is 0.931 bits per heavy atom. The third-order valence-electron chi connectivity index (χ3n) is 22.3. The van der Waals surface area contributed by atoms with Crippen molar-refractivity contribution in [2.45, 2.75) is 178 Å². The normalized spacial score (nSPS) is 21.8. The Labute approximate surface area is 759 Å². The maximum atomic E-state index is 15.5. The molecule has 0 aliphatic carbocycles. The second kappa shape index (κ2) is 49.6. The number of amides is 15. The highest BCUT2D eigenvalue weighted by Crippen LogP contribution is 2.25. The van der Waals surface area contributed by atoms with Crippen LogP contribution in [0, 0.1) is 11.8 Å². The van der Waals surface area contributed by atoms with E-state index in [1.807, 2.05) is 6.92 Å². The molecule has 0 radical (unpaired) electrons. The fraction of sp³-hybridized carbons (Fsp3) is 0.426. The predicted octanol–water partition coefficient (Wildman–Crippen LogP) is 2.72. The fourth-order valence-electron chi connectivity index (χ4n) is 15.1. The van der Waals surface area contributed by atoms with Gasteiger partial charge < -0.3 is 98.4 Å². The number of phenols is 2. The molecule has 35 nitrogen and oxygen atoms in total. The molecule has 0 bridgehead atoms. The van der Waals surface area contributed by atoms with E-state index in [1.165, 1.54) is 81.4 Å². The number of H-pyrrole nitrogens is 1. The van der Waals surface area contributed by atoms with E-state index < -0.39 is 199 Å². The SMILES string of the molecule is CCCC[C@H]1C(=O)N(C)CC(=O)N[C@@H](CC(=O)O)C(=O)N[C@@H](C(C)C)C(=O)N(C)[C@@H](Cc2ccccc2)C(=O)N[C@@H](Cc2ccc(O)cc2)C(=O)N(C)CC(=O)N[C@@H](Cc2c[nH]c3ccccc23)C(=O)N[C@@H](CCc2ccc(O)cc2)C(=O)N[C@@H](CC(C)C)C(=O)N[C@H](C(=O)NCC(N)=O)CSCC(=O)N[C@@H](Cc2ccccc2)C(=O)N(C)[C@@H](Cc2ccccc2)C(=O)N1C. The van der Waals surface area contributed by atoms with E-state index in [4.69, 9.17) is 5.73 Å². The number of aliphatic carboxylic acids is 1. The van der Waals surface area contributed by atoms with E-state index in [0.29, 0.717) is 57.1 Å². The molecular weight excluding hydrogens is 1690 g/mol. The van der Waals surface area contributed by atoms with Crippen LogP contribution in [0.5, 0.6) is 11.5 Å². The number of phenolic OH excluding ortho intramolecular Hbond substituents is 2. The number of para-hydroxylation sites is 1. The number of carbonyl (C=O) groups is 16. The van der Waals surface area contributed by atoms with E-state index in [-0.39, 0.29) is 81.0 Å². The molecule has 0 spiro atoms. The van der Waals surface area contributed by atoms with Crippen molar-refractivity contribution in [3.05, 3.63) is 203 Å². The Balaban J connectivity index is 1.21. The molecule has 8 rings (SSSR count). The number of aromatic nitrogens is 1. The summed E-state index contributed by atoms with van der Waals surface area (Å²) < 4.78 is 0. The molecule has 130 heavy (non-hydrogen) atoms. The molecule has 1 aromatic heterocycles. The summed E-state index contributed by atoms with van der Waals surface area (Å²) >= 11 is 0.834. The molecule has 1 saturated heterocycles. The number of likely N-dealkylation sites (N-methyl/N-ethyl adjacent to an activating group) is 5. The number of carboxylic acids is 1. The van der Waals surface area contributed by atoms with Crippen LogP contribution >= 0.6 is 11.8 Å². The average molecular weight is 1810 g/mol. The standard InChI is InChI=1S/C94H120N16O19S/c1-11-12-32-75-92(127)107(7)53-80(115)99-71(49-82(117)118)88(123)105-83(57(4)5)94(129)109(9)76(46-60-26-18-14-19-27-60)89(124)103-72(45-62-35-40-65(112)41-36-62)90(125)106(6)52-79(114)98-70(48-63-50-96-67-31-23-22-30-66(63)67)87(122)101-68(42-37-58-33-38-64(111)39-34-58)85(120)102-69(43-56(2)3)86(121)104-74(84(119)97-51-78(95)113)54-130-55-81(116)100-73(44-59-24-16-13-17-25-59)91(126)110(10)77(93(128)108(75)8)47-61-28-20-15-21-29-61/h13-31,33-36,38-41,50,56-57,68-77,83,96,111-112H,11-12,32,37,42-49,51-55H2,1-10H3,(H2,95,113)(H,97,119)(H,98,114)(H,99,115)(H,100,116)(H,101,122)(H,102,120)(H,103,124)(H,104,121)(H,105,123)(H,117,118)/t68-,69-,70-,71-,72-,73-,74-,75-,76-,77-,83-/m0/s1. The van der Waals surface area contributed by atoms with Crippen LogP contribution in [0.3, 0.4) is 0 Å². The molecular formula is C94H120N16O19S. The third kappa shape index (κ3) is 30.8. The molecule has 36 heteroatoms. The molecule has 15 N–H and O–H groups in total. The zero-order valence-electron chi connectivity index (χ0n) is 74.8. The number of nitrogens with one attached hydrogen (secondary N) is 10. The first kappa shape index (κ1) is 102. The van der Waals surface area contributed by atoms with Crippen LogP contribution < -0.4 is 53.6 Å². The van der Waals surface area contributed by atoms with Crippen LogP contribution in [0.4, 0.5) is 0 Å². The Kier molecular flexibility index (Phi) is 38.8. The number of benzene rings is 6. The topological polar surface area (TPSA) is 500 Å². The highest BCUT2D eigenvalue weighted by atomic mass is 32.2. The maximum absolute atomic E-state index is 15.5. The number of aryl methyl sites for hydroxylation is 1. The number of nitrogens with zero attached hydrogens (tertiary/aromatic N) is 5. The van der Waals surface area contributed by atoms with Gasteiger partial charge in [-0.25, -0.2) is 0 Å². The van der Waals surface area contributed by atoms with Crippen molar-refractivity contribution in [1.82, 2.24) is 77.3 Å². The number of rotatable bonds is 24. The van der Waals surface area contributed by atoms with Crippen molar-refractivity contribution in [2.75, 3.05) is 66.4 Å². The lowest BCUT2D eigenvalue weighted by molar-refractivity contribution is -0.151. The van der Waals surface area contributed by atoms with Crippen molar-refractivity contribution < 1.29 is 92.0 Å². The highest BCUT2D eigenvalue weighted by Gasteiger charge is 2.42. The highest BCUT2D eigenvalue weighted by molar-refractivity contribution is 8.00. The van der Waals surface area contributed by atoms with E-state index in [2.05, 4.69) is 52.8 Å². The Bertz CT molecular complexity index is 5090. The minimum Gasteiger partial charge on any atom is -0.508 e. The van der Waals surface area contributed by atoms with Gasteiger partial charge in [0.25, 0.3) is 0 Å². The van der Waals surface area contributed by atoms with Crippen molar-refractivity contribution >= 4 is 117 Å². The summed E-state index contributed by atoms with van der Waals surface area (Å²) in [5.41, 5.74) is 9.35. The summed E-state index contributed by atoms with van der Waals surface area (Å²) in [5, 5.41) is 55.6. The number of thioether (sulfide) groups is 1. The molecule has 11 atom stereocenters. The Morgan fingerprint density at radius 3 is 1.49 bits per heavy atom.